The van der Waals surface area contributed by atoms with Gasteiger partial charge in [0.2, 0.25) is 5.29 Å². The fraction of sp³-hybridized carbons (Fsp3) is 0.250. The number of carboxylic acids is 1. The summed E-state index contributed by atoms with van der Waals surface area (Å²) < 4.78 is 4.70. The van der Waals surface area contributed by atoms with Gasteiger partial charge in [-0.3, -0.25) is 0 Å². The summed E-state index contributed by atoms with van der Waals surface area (Å²) in [5.41, 5.74) is -0.743. The van der Waals surface area contributed by atoms with E-state index in [1.807, 2.05) is 0 Å². The predicted octanol–water partition coefficient (Wildman–Crippen LogP) is 1.60. The van der Waals surface area contributed by atoms with Crippen LogP contribution in [0.2, 0.25) is 0 Å². The number of rotatable bonds is 5. The second kappa shape index (κ2) is 6.89. The normalized spacial score (nSPS) is 11.7. The third-order valence-corrected chi connectivity index (χ3v) is 3.36. The molecule has 0 radical (unpaired) electrons. The molecule has 0 amide bonds. The molecule has 0 aromatic heterocycles. The van der Waals surface area contributed by atoms with Crippen LogP contribution in [0.1, 0.15) is 18.9 Å². The van der Waals surface area contributed by atoms with Gasteiger partial charge in [-0.05, 0) is 6.42 Å². The van der Waals surface area contributed by atoms with Crippen LogP contribution in [-0.2, 0) is 9.53 Å². The lowest BCUT2D eigenvalue weighted by atomic mass is 10.1. The van der Waals surface area contributed by atoms with Crippen LogP contribution in [0.3, 0.4) is 0 Å². The number of carboxylic acid groups (broad SMARTS) is 1. The predicted molar refractivity (Wildman–Crippen MR) is 66.7 cm³/mol. The molecule has 1 N–H and O–H groups in total. The van der Waals surface area contributed by atoms with E-state index in [0.717, 1.165) is 0 Å². The highest BCUT2D eigenvalue weighted by Crippen LogP contribution is 2.22. The Morgan fingerprint density at radius 3 is 2.44 bits per heavy atom. The Morgan fingerprint density at radius 2 is 1.94 bits per heavy atom. The largest absolute Gasteiger partial charge is 0.620 e. The molecule has 1 atom stereocenters. The zero-order chi connectivity index (χ0) is 13.5. The average molecular weight is 268 g/mol. The van der Waals surface area contributed by atoms with Gasteiger partial charge in [0.1, 0.15) is 0 Å². The minimum atomic E-state index is -2.73. The van der Waals surface area contributed by atoms with E-state index in [2.05, 4.69) is 0 Å². The number of hydrogen-bond acceptors (Lipinski definition) is 4. The molecular weight excluding hydrogens is 255 g/mol. The molecule has 0 aliphatic carbocycles. The molecule has 0 saturated heterocycles. The van der Waals surface area contributed by atoms with Crippen LogP contribution in [0, 0.1) is 0 Å². The molecule has 1 aromatic carbocycles. The van der Waals surface area contributed by atoms with Crippen molar-refractivity contribution >= 4 is 24.7 Å². The number of benzene rings is 1. The van der Waals surface area contributed by atoms with Crippen molar-refractivity contribution in [3.8, 4) is 0 Å². The fourth-order valence-corrected chi connectivity index (χ4v) is 2.21. The van der Waals surface area contributed by atoms with E-state index in [9.17, 15) is 14.5 Å². The van der Waals surface area contributed by atoms with E-state index < -0.39 is 24.7 Å². The molecule has 0 spiro atoms. The second-order valence-electron chi connectivity index (χ2n) is 3.43. The molecule has 0 saturated carbocycles. The van der Waals surface area contributed by atoms with Gasteiger partial charge in [0.25, 0.3) is 0 Å². The molecule has 1 aromatic rings. The molecule has 0 bridgehead atoms. The highest BCUT2D eigenvalue weighted by Gasteiger charge is 2.28. The molecule has 0 aliphatic rings. The molecule has 5 nitrogen and oxygen atoms in total. The van der Waals surface area contributed by atoms with Crippen LogP contribution in [0.5, 0.6) is 0 Å². The number of carbonyl (C=O) groups excluding carboxylic acids is 1. The summed E-state index contributed by atoms with van der Waals surface area (Å²) in [6.07, 6.45) is 0.586. The van der Waals surface area contributed by atoms with Gasteiger partial charge in [-0.15, -0.1) is 0 Å². The maximum atomic E-state index is 11.8. The Morgan fingerprint density at radius 1 is 1.33 bits per heavy atom. The minimum absolute atomic E-state index is 0.127. The first kappa shape index (κ1) is 14.4. The highest BCUT2D eigenvalue weighted by atomic mass is 31.1. The smallest absolute Gasteiger partial charge is 0.507 e. The van der Waals surface area contributed by atoms with Crippen molar-refractivity contribution < 1.29 is 24.3 Å². The minimum Gasteiger partial charge on any atom is -0.620 e. The van der Waals surface area contributed by atoms with Gasteiger partial charge in [-0.2, -0.15) is 4.79 Å². The fourth-order valence-electron chi connectivity index (χ4n) is 1.26. The van der Waals surface area contributed by atoms with Gasteiger partial charge in [0, 0.05) is 5.56 Å². The lowest BCUT2D eigenvalue weighted by Crippen LogP contribution is -2.20. The van der Waals surface area contributed by atoms with Crippen LogP contribution in [0.15, 0.2) is 30.3 Å². The Bertz CT molecular complexity index is 467. The number of hydrogen-bond donors (Lipinski definition) is 1. The van der Waals surface area contributed by atoms with Crippen molar-refractivity contribution in [2.24, 2.45) is 0 Å². The Balaban J connectivity index is 3.11. The SMILES string of the molecule is CCCOC(=O)[P+]([O-])=C(C(=O)O)c1ccccc1. The summed E-state index contributed by atoms with van der Waals surface area (Å²) in [5, 5.41) is 8.62. The van der Waals surface area contributed by atoms with Crippen molar-refractivity contribution in [1.82, 2.24) is 0 Å². The maximum Gasteiger partial charge on any atom is 0.507 e. The summed E-state index contributed by atoms with van der Waals surface area (Å²) >= 11 is 0. The Kier molecular flexibility index (Phi) is 5.49. The zero-order valence-corrected chi connectivity index (χ0v) is 10.7. The topological polar surface area (TPSA) is 86.7 Å². The van der Waals surface area contributed by atoms with E-state index in [1.54, 1.807) is 25.1 Å². The molecule has 0 heterocycles. The van der Waals surface area contributed by atoms with Gasteiger partial charge in [0.15, 0.2) is 7.77 Å². The number of ether oxygens (including phenoxy) is 1. The quantitative estimate of drug-likeness (QED) is 0.819. The van der Waals surface area contributed by atoms with Gasteiger partial charge < -0.3 is 14.7 Å². The van der Waals surface area contributed by atoms with Gasteiger partial charge >= 0.3 is 11.7 Å². The standard InChI is InChI=1S/C12H13O5P/c1-2-8-17-12(15)18(16)10(11(13)14)9-6-4-3-5-7-9/h3-7H,2,8H2,1H3,(H,13,14). The van der Waals surface area contributed by atoms with Crippen LogP contribution in [0.25, 0.3) is 0 Å². The van der Waals surface area contributed by atoms with Crippen molar-refractivity contribution in [3.05, 3.63) is 35.9 Å². The lowest BCUT2D eigenvalue weighted by molar-refractivity contribution is -0.151. The van der Waals surface area contributed by atoms with Gasteiger partial charge in [-0.25, -0.2) is 4.79 Å². The van der Waals surface area contributed by atoms with E-state index >= 15 is 0 Å². The first-order valence-corrected chi connectivity index (χ1v) is 6.63. The molecule has 6 heteroatoms. The molecule has 1 rings (SSSR count). The van der Waals surface area contributed by atoms with Crippen LogP contribution in [0.4, 0.5) is 4.79 Å². The summed E-state index contributed by atoms with van der Waals surface area (Å²) in [6, 6.07) is 7.90. The van der Waals surface area contributed by atoms with Crippen LogP contribution >= 0.6 is 7.77 Å². The first-order chi connectivity index (χ1) is 8.57. The maximum absolute atomic E-state index is 11.8. The van der Waals surface area contributed by atoms with Gasteiger partial charge in [0.05, 0.1) is 6.61 Å². The van der Waals surface area contributed by atoms with E-state index in [0.29, 0.717) is 6.42 Å². The first-order valence-electron chi connectivity index (χ1n) is 5.37. The monoisotopic (exact) mass is 268 g/mol. The highest BCUT2D eigenvalue weighted by molar-refractivity contribution is 7.70. The van der Waals surface area contributed by atoms with Gasteiger partial charge in [-0.1, -0.05) is 37.3 Å². The van der Waals surface area contributed by atoms with E-state index in [4.69, 9.17) is 9.84 Å². The molecule has 0 fully saturated rings. The Labute approximate surface area is 105 Å². The molecule has 18 heavy (non-hydrogen) atoms. The summed E-state index contributed by atoms with van der Waals surface area (Å²) in [4.78, 5) is 34.4. The number of carbonyl (C=O) groups is 2. The van der Waals surface area contributed by atoms with Crippen molar-refractivity contribution in [1.29, 1.82) is 0 Å². The lowest BCUT2D eigenvalue weighted by Gasteiger charge is -2.03. The number of aliphatic carboxylic acids is 1. The molecule has 0 aliphatic heterocycles. The molecular formula is C12H13O5P. The third kappa shape index (κ3) is 3.65. The van der Waals surface area contributed by atoms with Crippen LogP contribution in [-0.4, -0.2) is 28.7 Å². The molecule has 96 valence electrons. The summed E-state index contributed by atoms with van der Waals surface area (Å²) in [6.45, 7) is 1.92. The second-order valence-corrected chi connectivity index (χ2v) is 4.83. The van der Waals surface area contributed by atoms with Crippen LogP contribution < -0.4 is 4.89 Å². The van der Waals surface area contributed by atoms with Crippen molar-refractivity contribution in [2.75, 3.05) is 6.61 Å². The average Bonchev–Trinajstić information content (AvgIpc) is 2.36. The zero-order valence-electron chi connectivity index (χ0n) is 9.83. The Hall–Kier alpha value is -1.71. The summed E-state index contributed by atoms with van der Waals surface area (Å²) in [5.74, 6) is -1.38. The van der Waals surface area contributed by atoms with E-state index in [1.165, 1.54) is 12.1 Å². The van der Waals surface area contributed by atoms with Crippen molar-refractivity contribution in [3.63, 3.8) is 0 Å². The molecule has 1 unspecified atom stereocenters. The summed E-state index contributed by atoms with van der Waals surface area (Å²) in [7, 11) is -2.73. The third-order valence-electron chi connectivity index (χ3n) is 2.05. The van der Waals surface area contributed by atoms with Crippen molar-refractivity contribution in [2.45, 2.75) is 13.3 Å². The van der Waals surface area contributed by atoms with E-state index in [-0.39, 0.29) is 12.2 Å².